The lowest BCUT2D eigenvalue weighted by atomic mass is 10.2. The zero-order chi connectivity index (χ0) is 20.3. The molecule has 7 nitrogen and oxygen atoms in total. The molecule has 2 N–H and O–H groups in total. The van der Waals surface area contributed by atoms with E-state index in [0.29, 0.717) is 31.2 Å². The zero-order valence-electron chi connectivity index (χ0n) is 16.5. The Morgan fingerprint density at radius 1 is 0.966 bits per heavy atom. The van der Waals surface area contributed by atoms with Crippen molar-refractivity contribution in [3.8, 4) is 5.75 Å². The van der Waals surface area contributed by atoms with Crippen molar-refractivity contribution in [3.63, 3.8) is 0 Å². The molecule has 0 aromatic heterocycles. The number of ether oxygens (including phenoxy) is 1. The van der Waals surface area contributed by atoms with Crippen LogP contribution in [0.25, 0.3) is 0 Å². The van der Waals surface area contributed by atoms with Gasteiger partial charge >= 0.3 is 0 Å². The number of benzene rings is 2. The van der Waals surface area contributed by atoms with Crippen LogP contribution in [0, 0.1) is 0 Å². The normalized spacial score (nSPS) is 19.4. The molecule has 0 unspecified atom stereocenters. The van der Waals surface area contributed by atoms with Crippen LogP contribution in [0.3, 0.4) is 0 Å². The predicted octanol–water partition coefficient (Wildman–Crippen LogP) is 0.318. The fraction of sp³-hybridized carbons (Fsp3) is 0.429. The summed E-state index contributed by atoms with van der Waals surface area (Å²) < 4.78 is 32.6. The van der Waals surface area contributed by atoms with E-state index in [1.807, 2.05) is 30.3 Å². The third-order valence-electron chi connectivity index (χ3n) is 5.65. The summed E-state index contributed by atoms with van der Waals surface area (Å²) in [4.78, 5) is 4.14. The molecule has 156 valence electrons. The van der Waals surface area contributed by atoms with E-state index in [-0.39, 0.29) is 5.75 Å². The molecule has 0 spiro atoms. The standard InChI is InChI=1S/C21H27N3O4S/c25-20-6-4-19(5-7-20)23-10-8-22(9-11-23)17-18-2-1-3-21(16-18)29(26,27)24-12-14-28-15-13-24/h1-7,16,25H,8-15,17H2/p+1. The van der Waals surface area contributed by atoms with Crippen molar-refractivity contribution in [2.45, 2.75) is 11.4 Å². The minimum atomic E-state index is -3.46. The van der Waals surface area contributed by atoms with Crippen molar-refractivity contribution in [2.24, 2.45) is 0 Å². The smallest absolute Gasteiger partial charge is 0.243 e. The molecule has 29 heavy (non-hydrogen) atoms. The molecule has 0 radical (unpaired) electrons. The topological polar surface area (TPSA) is 74.5 Å². The lowest BCUT2D eigenvalue weighted by Gasteiger charge is -2.33. The second kappa shape index (κ2) is 8.71. The number of phenols is 1. The molecule has 2 heterocycles. The van der Waals surface area contributed by atoms with Gasteiger partial charge in [0.15, 0.2) is 0 Å². The third kappa shape index (κ3) is 4.72. The maximum atomic E-state index is 12.9. The Labute approximate surface area is 172 Å². The molecule has 0 saturated carbocycles. The van der Waals surface area contributed by atoms with Gasteiger partial charge in [0.05, 0.1) is 44.3 Å². The Balaban J connectivity index is 1.38. The highest BCUT2D eigenvalue weighted by atomic mass is 32.2. The summed E-state index contributed by atoms with van der Waals surface area (Å²) in [5, 5.41) is 9.45. The molecule has 2 saturated heterocycles. The molecular formula is C21H28N3O4S+. The molecule has 0 bridgehead atoms. The van der Waals surface area contributed by atoms with Crippen LogP contribution in [-0.2, 0) is 21.3 Å². The third-order valence-corrected chi connectivity index (χ3v) is 7.54. The highest BCUT2D eigenvalue weighted by Gasteiger charge is 2.27. The molecule has 0 aliphatic carbocycles. The number of anilines is 1. The summed E-state index contributed by atoms with van der Waals surface area (Å²) in [5.41, 5.74) is 2.17. The molecule has 2 aliphatic rings. The van der Waals surface area contributed by atoms with Gasteiger partial charge in [0, 0.05) is 24.3 Å². The highest BCUT2D eigenvalue weighted by molar-refractivity contribution is 7.89. The van der Waals surface area contributed by atoms with Gasteiger partial charge in [-0.2, -0.15) is 4.31 Å². The first-order chi connectivity index (χ1) is 14.0. The lowest BCUT2D eigenvalue weighted by Crippen LogP contribution is -3.13. The van der Waals surface area contributed by atoms with E-state index in [2.05, 4.69) is 4.90 Å². The van der Waals surface area contributed by atoms with E-state index in [9.17, 15) is 13.5 Å². The summed E-state index contributed by atoms with van der Waals surface area (Å²) in [6.07, 6.45) is 0. The molecule has 8 heteroatoms. The van der Waals surface area contributed by atoms with Crippen LogP contribution in [0.15, 0.2) is 53.4 Å². The van der Waals surface area contributed by atoms with Crippen LogP contribution in [-0.4, -0.2) is 70.3 Å². The summed E-state index contributed by atoms with van der Waals surface area (Å²) in [6, 6.07) is 14.7. The second-order valence-corrected chi connectivity index (χ2v) is 9.53. The number of nitrogens with one attached hydrogen (secondary N) is 1. The average molecular weight is 419 g/mol. The minimum Gasteiger partial charge on any atom is -0.508 e. The van der Waals surface area contributed by atoms with Crippen molar-refractivity contribution in [1.29, 1.82) is 0 Å². The first-order valence-electron chi connectivity index (χ1n) is 10.1. The van der Waals surface area contributed by atoms with E-state index >= 15 is 0 Å². The van der Waals surface area contributed by atoms with Gasteiger partial charge in [-0.1, -0.05) is 12.1 Å². The Morgan fingerprint density at radius 3 is 2.34 bits per heavy atom. The number of nitrogens with zero attached hydrogens (tertiary/aromatic N) is 2. The number of morpholine rings is 1. The Morgan fingerprint density at radius 2 is 1.66 bits per heavy atom. The van der Waals surface area contributed by atoms with Crippen LogP contribution in [0.2, 0.25) is 0 Å². The van der Waals surface area contributed by atoms with Gasteiger partial charge in [-0.25, -0.2) is 8.42 Å². The van der Waals surface area contributed by atoms with Crippen molar-refractivity contribution in [1.82, 2.24) is 4.31 Å². The molecule has 0 amide bonds. The summed E-state index contributed by atoms with van der Waals surface area (Å²) in [7, 11) is -3.46. The Hall–Kier alpha value is -2.13. The van der Waals surface area contributed by atoms with Gasteiger partial charge in [-0.05, 0) is 36.4 Å². The predicted molar refractivity (Wildman–Crippen MR) is 111 cm³/mol. The lowest BCUT2D eigenvalue weighted by molar-refractivity contribution is -0.914. The van der Waals surface area contributed by atoms with E-state index in [0.717, 1.165) is 44.0 Å². The number of piperazine rings is 1. The maximum Gasteiger partial charge on any atom is 0.243 e. The van der Waals surface area contributed by atoms with Gasteiger partial charge in [-0.15, -0.1) is 0 Å². The summed E-state index contributed by atoms with van der Waals surface area (Å²) in [5.74, 6) is 0.282. The average Bonchev–Trinajstić information content (AvgIpc) is 2.76. The van der Waals surface area contributed by atoms with Gasteiger partial charge in [-0.3, -0.25) is 0 Å². The summed E-state index contributed by atoms with van der Waals surface area (Å²) >= 11 is 0. The van der Waals surface area contributed by atoms with E-state index in [1.54, 1.807) is 18.2 Å². The fourth-order valence-corrected chi connectivity index (χ4v) is 5.44. The number of hydrogen-bond acceptors (Lipinski definition) is 5. The minimum absolute atomic E-state index is 0.282. The van der Waals surface area contributed by atoms with Crippen LogP contribution < -0.4 is 9.80 Å². The summed E-state index contributed by atoms with van der Waals surface area (Å²) in [6.45, 7) is 6.40. The monoisotopic (exact) mass is 418 g/mol. The molecular weight excluding hydrogens is 390 g/mol. The molecule has 0 atom stereocenters. The van der Waals surface area contributed by atoms with Gasteiger partial charge < -0.3 is 19.6 Å². The number of aromatic hydroxyl groups is 1. The molecule has 2 fully saturated rings. The molecule has 2 aliphatic heterocycles. The van der Waals surface area contributed by atoms with Gasteiger partial charge in [0.25, 0.3) is 0 Å². The van der Waals surface area contributed by atoms with Crippen molar-refractivity contribution < 1.29 is 23.2 Å². The van der Waals surface area contributed by atoms with E-state index < -0.39 is 10.0 Å². The first kappa shape index (κ1) is 20.2. The van der Waals surface area contributed by atoms with Crippen molar-refractivity contribution in [2.75, 3.05) is 57.4 Å². The van der Waals surface area contributed by atoms with Crippen molar-refractivity contribution in [3.05, 3.63) is 54.1 Å². The SMILES string of the molecule is O=S(=O)(c1cccc(C[NH+]2CCN(c3ccc(O)cc3)CC2)c1)N1CCOCC1. The number of hydrogen-bond donors (Lipinski definition) is 2. The number of rotatable bonds is 5. The molecule has 2 aromatic carbocycles. The van der Waals surface area contributed by atoms with Crippen LogP contribution in [0.5, 0.6) is 5.75 Å². The van der Waals surface area contributed by atoms with E-state index in [4.69, 9.17) is 4.74 Å². The van der Waals surface area contributed by atoms with Crippen LogP contribution in [0.1, 0.15) is 5.56 Å². The number of phenolic OH excluding ortho intramolecular Hbond substituents is 1. The first-order valence-corrected chi connectivity index (χ1v) is 11.5. The van der Waals surface area contributed by atoms with Crippen molar-refractivity contribution >= 4 is 15.7 Å². The molecule has 4 rings (SSSR count). The zero-order valence-corrected chi connectivity index (χ0v) is 17.3. The second-order valence-electron chi connectivity index (χ2n) is 7.59. The van der Waals surface area contributed by atoms with Gasteiger partial charge in [0.1, 0.15) is 12.3 Å². The van der Waals surface area contributed by atoms with Crippen LogP contribution >= 0.6 is 0 Å². The Bertz CT molecular complexity index is 919. The largest absolute Gasteiger partial charge is 0.508 e. The fourth-order valence-electron chi connectivity index (χ4n) is 3.96. The van der Waals surface area contributed by atoms with Crippen LogP contribution in [0.4, 0.5) is 5.69 Å². The number of quaternary nitrogens is 1. The quantitative estimate of drug-likeness (QED) is 0.732. The Kier molecular flexibility index (Phi) is 6.05. The molecule has 2 aromatic rings. The van der Waals surface area contributed by atoms with Gasteiger partial charge in [0.2, 0.25) is 10.0 Å². The maximum absolute atomic E-state index is 12.9. The van der Waals surface area contributed by atoms with E-state index in [1.165, 1.54) is 9.21 Å². The number of sulfonamides is 1. The highest BCUT2D eigenvalue weighted by Crippen LogP contribution is 2.19.